The standard InChI is InChI=1S/C16H14ClFN4O2S/c17-11-7-10(8-20-22-16(19)25)5-6-14(11)24-9-15(23)21-13-4-2-1-3-12(13)18/h1-8H,9H2,(H,21,23)(H3,19,22,25). The summed E-state index contributed by atoms with van der Waals surface area (Å²) in [5.74, 6) is -0.722. The van der Waals surface area contributed by atoms with Crippen LogP contribution in [0.5, 0.6) is 5.75 Å². The molecular weight excluding hydrogens is 367 g/mol. The lowest BCUT2D eigenvalue weighted by atomic mass is 10.2. The Morgan fingerprint density at radius 1 is 1.36 bits per heavy atom. The van der Waals surface area contributed by atoms with Crippen LogP contribution in [0.2, 0.25) is 5.02 Å². The maximum Gasteiger partial charge on any atom is 0.262 e. The van der Waals surface area contributed by atoms with Gasteiger partial charge in [-0.1, -0.05) is 23.7 Å². The van der Waals surface area contributed by atoms with Gasteiger partial charge in [-0.05, 0) is 48.1 Å². The number of carbonyl (C=O) groups excluding carboxylic acids is 1. The molecule has 0 fully saturated rings. The molecule has 0 bridgehead atoms. The molecule has 0 radical (unpaired) electrons. The third-order valence-electron chi connectivity index (χ3n) is 2.85. The topological polar surface area (TPSA) is 88.7 Å². The maximum atomic E-state index is 13.5. The van der Waals surface area contributed by atoms with Crippen LogP contribution in [-0.2, 0) is 4.79 Å². The molecule has 0 aliphatic heterocycles. The van der Waals surface area contributed by atoms with Crippen LogP contribution in [0.1, 0.15) is 5.56 Å². The molecule has 25 heavy (non-hydrogen) atoms. The molecule has 0 saturated heterocycles. The number of thiocarbonyl (C=S) groups is 1. The van der Waals surface area contributed by atoms with E-state index in [2.05, 4.69) is 28.1 Å². The van der Waals surface area contributed by atoms with Crippen molar-refractivity contribution in [3.8, 4) is 5.75 Å². The largest absolute Gasteiger partial charge is 0.482 e. The van der Waals surface area contributed by atoms with E-state index in [-0.39, 0.29) is 22.4 Å². The Balaban J connectivity index is 1.92. The lowest BCUT2D eigenvalue weighted by molar-refractivity contribution is -0.118. The number of anilines is 1. The van der Waals surface area contributed by atoms with Crippen molar-refractivity contribution in [3.63, 3.8) is 0 Å². The van der Waals surface area contributed by atoms with Gasteiger partial charge in [-0.25, -0.2) is 4.39 Å². The molecule has 2 aromatic rings. The van der Waals surface area contributed by atoms with Crippen molar-refractivity contribution >= 4 is 46.7 Å². The Kier molecular flexibility index (Phi) is 6.67. The number of halogens is 2. The molecule has 9 heteroatoms. The molecule has 2 aromatic carbocycles. The van der Waals surface area contributed by atoms with Crippen molar-refractivity contribution in [1.29, 1.82) is 0 Å². The Hall–Kier alpha value is -2.71. The fourth-order valence-electron chi connectivity index (χ4n) is 1.78. The van der Waals surface area contributed by atoms with E-state index in [0.29, 0.717) is 11.3 Å². The molecule has 0 aliphatic carbocycles. The average Bonchev–Trinajstić information content (AvgIpc) is 2.56. The molecule has 4 N–H and O–H groups in total. The first-order chi connectivity index (χ1) is 12.0. The van der Waals surface area contributed by atoms with Crippen molar-refractivity contribution in [1.82, 2.24) is 5.43 Å². The number of hydrogen-bond donors (Lipinski definition) is 3. The molecule has 0 heterocycles. The third kappa shape index (κ3) is 6.02. The molecule has 0 spiro atoms. The van der Waals surface area contributed by atoms with Crippen LogP contribution in [-0.4, -0.2) is 23.8 Å². The van der Waals surface area contributed by atoms with Crippen LogP contribution < -0.4 is 21.2 Å². The predicted molar refractivity (Wildman–Crippen MR) is 99.5 cm³/mol. The summed E-state index contributed by atoms with van der Waals surface area (Å²) < 4.78 is 18.8. The summed E-state index contributed by atoms with van der Waals surface area (Å²) in [6, 6.07) is 10.7. The van der Waals surface area contributed by atoms with E-state index in [1.54, 1.807) is 24.3 Å². The summed E-state index contributed by atoms with van der Waals surface area (Å²) in [7, 11) is 0. The van der Waals surface area contributed by atoms with Crippen LogP contribution in [0.4, 0.5) is 10.1 Å². The molecule has 0 atom stereocenters. The third-order valence-corrected chi connectivity index (χ3v) is 3.24. The molecule has 2 rings (SSSR count). The highest BCUT2D eigenvalue weighted by Gasteiger charge is 2.09. The zero-order valence-corrected chi connectivity index (χ0v) is 14.4. The van der Waals surface area contributed by atoms with Crippen molar-refractivity contribution in [2.24, 2.45) is 10.8 Å². The van der Waals surface area contributed by atoms with Gasteiger partial charge >= 0.3 is 0 Å². The normalized spacial score (nSPS) is 10.5. The number of nitrogens with one attached hydrogen (secondary N) is 2. The number of para-hydroxylation sites is 1. The van der Waals surface area contributed by atoms with Crippen LogP contribution >= 0.6 is 23.8 Å². The van der Waals surface area contributed by atoms with Gasteiger partial charge in [0.2, 0.25) is 0 Å². The van der Waals surface area contributed by atoms with Crippen molar-refractivity contribution < 1.29 is 13.9 Å². The number of rotatable bonds is 6. The Morgan fingerprint density at radius 2 is 2.12 bits per heavy atom. The van der Waals surface area contributed by atoms with Gasteiger partial charge in [0, 0.05) is 0 Å². The Labute approximate surface area is 153 Å². The van der Waals surface area contributed by atoms with Crippen LogP contribution in [0.15, 0.2) is 47.6 Å². The molecule has 6 nitrogen and oxygen atoms in total. The predicted octanol–water partition coefficient (Wildman–Crippen LogP) is 2.66. The second kappa shape index (κ2) is 8.95. The first-order valence-electron chi connectivity index (χ1n) is 7.01. The monoisotopic (exact) mass is 380 g/mol. The van der Waals surface area contributed by atoms with Gasteiger partial charge in [0.15, 0.2) is 11.7 Å². The maximum absolute atomic E-state index is 13.5. The zero-order valence-electron chi connectivity index (χ0n) is 12.8. The van der Waals surface area contributed by atoms with E-state index in [1.165, 1.54) is 24.4 Å². The number of nitrogens with zero attached hydrogens (tertiary/aromatic N) is 1. The first-order valence-corrected chi connectivity index (χ1v) is 7.79. The fourth-order valence-corrected chi connectivity index (χ4v) is 2.07. The highest BCUT2D eigenvalue weighted by Crippen LogP contribution is 2.25. The highest BCUT2D eigenvalue weighted by atomic mass is 35.5. The second-order valence-corrected chi connectivity index (χ2v) is 5.59. The SMILES string of the molecule is NC(=S)NN=Cc1ccc(OCC(=O)Nc2ccccc2F)c(Cl)c1. The minimum Gasteiger partial charge on any atom is -0.482 e. The second-order valence-electron chi connectivity index (χ2n) is 4.74. The van der Waals surface area contributed by atoms with Gasteiger partial charge in [-0.3, -0.25) is 10.2 Å². The fraction of sp³-hybridized carbons (Fsp3) is 0.0625. The molecular formula is C16H14ClFN4O2S. The minimum absolute atomic E-state index is 0.0446. The van der Waals surface area contributed by atoms with Crippen LogP contribution in [0, 0.1) is 5.82 Å². The number of hydrazone groups is 1. The molecule has 130 valence electrons. The minimum atomic E-state index is -0.525. The molecule has 0 saturated carbocycles. The van der Waals surface area contributed by atoms with Gasteiger partial charge in [0.1, 0.15) is 11.6 Å². The van der Waals surface area contributed by atoms with E-state index in [1.807, 2.05) is 0 Å². The summed E-state index contributed by atoms with van der Waals surface area (Å²) in [4.78, 5) is 11.8. The summed E-state index contributed by atoms with van der Waals surface area (Å²) in [6.45, 7) is -0.315. The van der Waals surface area contributed by atoms with E-state index in [4.69, 9.17) is 22.1 Å². The summed E-state index contributed by atoms with van der Waals surface area (Å²) in [5, 5.41) is 6.55. The highest BCUT2D eigenvalue weighted by molar-refractivity contribution is 7.80. The van der Waals surface area contributed by atoms with E-state index in [0.717, 1.165) is 0 Å². The van der Waals surface area contributed by atoms with Crippen molar-refractivity contribution in [2.75, 3.05) is 11.9 Å². The van der Waals surface area contributed by atoms with E-state index < -0.39 is 11.7 Å². The van der Waals surface area contributed by atoms with E-state index in [9.17, 15) is 9.18 Å². The Bertz CT molecular complexity index is 816. The van der Waals surface area contributed by atoms with Crippen molar-refractivity contribution in [3.05, 3.63) is 58.9 Å². The summed E-state index contributed by atoms with van der Waals surface area (Å²) >= 11 is 10.7. The number of carbonyl (C=O) groups is 1. The molecule has 0 aromatic heterocycles. The molecule has 0 aliphatic rings. The summed E-state index contributed by atoms with van der Waals surface area (Å²) in [6.07, 6.45) is 1.47. The quantitative estimate of drug-likeness (QED) is 0.407. The van der Waals surface area contributed by atoms with Gasteiger partial charge in [0.25, 0.3) is 5.91 Å². The summed E-state index contributed by atoms with van der Waals surface area (Å²) in [5.41, 5.74) is 8.42. The zero-order chi connectivity index (χ0) is 18.2. The van der Waals surface area contributed by atoms with Gasteiger partial charge < -0.3 is 15.8 Å². The smallest absolute Gasteiger partial charge is 0.262 e. The number of benzene rings is 2. The number of hydrogen-bond acceptors (Lipinski definition) is 4. The van der Waals surface area contributed by atoms with Crippen LogP contribution in [0.3, 0.4) is 0 Å². The average molecular weight is 381 g/mol. The number of amides is 1. The van der Waals surface area contributed by atoms with Crippen molar-refractivity contribution in [2.45, 2.75) is 0 Å². The van der Waals surface area contributed by atoms with Gasteiger partial charge in [-0.2, -0.15) is 5.10 Å². The van der Waals surface area contributed by atoms with Gasteiger partial charge in [0.05, 0.1) is 16.9 Å². The van der Waals surface area contributed by atoms with Crippen LogP contribution in [0.25, 0.3) is 0 Å². The Morgan fingerprint density at radius 3 is 2.80 bits per heavy atom. The number of ether oxygens (including phenoxy) is 1. The van der Waals surface area contributed by atoms with E-state index >= 15 is 0 Å². The van der Waals surface area contributed by atoms with Gasteiger partial charge in [-0.15, -0.1) is 0 Å². The molecule has 0 unspecified atom stereocenters. The lowest BCUT2D eigenvalue weighted by Gasteiger charge is -2.09. The number of nitrogens with two attached hydrogens (primary N) is 1. The molecule has 1 amide bonds. The first kappa shape index (κ1) is 18.6. The lowest BCUT2D eigenvalue weighted by Crippen LogP contribution is -2.24.